The SMILES string of the molecule is CCc1ccc(N(C(N)=O)c2cccc(C)c2)cc1. The number of carbonyl (C=O) groups excluding carboxylic acids is 1. The molecule has 0 aromatic heterocycles. The van der Waals surface area contributed by atoms with Gasteiger partial charge in [0, 0.05) is 0 Å². The van der Waals surface area contributed by atoms with Gasteiger partial charge in [0.15, 0.2) is 0 Å². The molecule has 2 aromatic rings. The molecule has 19 heavy (non-hydrogen) atoms. The second kappa shape index (κ2) is 5.57. The van der Waals surface area contributed by atoms with Crippen LogP contribution in [0.4, 0.5) is 16.2 Å². The van der Waals surface area contributed by atoms with Crippen molar-refractivity contribution in [1.82, 2.24) is 0 Å². The minimum Gasteiger partial charge on any atom is -0.351 e. The van der Waals surface area contributed by atoms with Gasteiger partial charge in [-0.15, -0.1) is 0 Å². The molecule has 0 spiro atoms. The molecule has 98 valence electrons. The van der Waals surface area contributed by atoms with E-state index in [4.69, 9.17) is 5.73 Å². The lowest BCUT2D eigenvalue weighted by Crippen LogP contribution is -2.31. The van der Waals surface area contributed by atoms with Crippen LogP contribution in [0.15, 0.2) is 48.5 Å². The molecule has 3 heteroatoms. The number of hydrogen-bond donors (Lipinski definition) is 1. The Labute approximate surface area is 113 Å². The normalized spacial score (nSPS) is 10.2. The first-order valence-electron chi connectivity index (χ1n) is 6.37. The summed E-state index contributed by atoms with van der Waals surface area (Å²) in [5.41, 5.74) is 9.41. The summed E-state index contributed by atoms with van der Waals surface area (Å²) in [5.74, 6) is 0. The van der Waals surface area contributed by atoms with Crippen molar-refractivity contribution in [1.29, 1.82) is 0 Å². The number of primary amides is 1. The van der Waals surface area contributed by atoms with E-state index in [-0.39, 0.29) is 0 Å². The van der Waals surface area contributed by atoms with Crippen molar-refractivity contribution in [3.8, 4) is 0 Å². The van der Waals surface area contributed by atoms with E-state index in [0.717, 1.165) is 23.4 Å². The summed E-state index contributed by atoms with van der Waals surface area (Å²) < 4.78 is 0. The Kier molecular flexibility index (Phi) is 3.85. The highest BCUT2D eigenvalue weighted by atomic mass is 16.2. The fraction of sp³-hybridized carbons (Fsp3) is 0.188. The molecule has 0 saturated heterocycles. The van der Waals surface area contributed by atoms with E-state index >= 15 is 0 Å². The first-order chi connectivity index (χ1) is 9.11. The Hall–Kier alpha value is -2.29. The minimum absolute atomic E-state index is 0.477. The fourth-order valence-electron chi connectivity index (χ4n) is 2.05. The molecule has 0 aliphatic heterocycles. The number of nitrogens with two attached hydrogens (primary N) is 1. The van der Waals surface area contributed by atoms with E-state index in [1.165, 1.54) is 10.5 Å². The average Bonchev–Trinajstić information content (AvgIpc) is 2.39. The van der Waals surface area contributed by atoms with E-state index < -0.39 is 6.03 Å². The van der Waals surface area contributed by atoms with Gasteiger partial charge in [-0.25, -0.2) is 4.79 Å². The number of amides is 2. The minimum atomic E-state index is -0.477. The fourth-order valence-corrected chi connectivity index (χ4v) is 2.05. The Bertz CT molecular complexity index is 576. The first-order valence-corrected chi connectivity index (χ1v) is 6.37. The molecule has 0 saturated carbocycles. The molecule has 2 rings (SSSR count). The van der Waals surface area contributed by atoms with Crippen LogP contribution in [0.5, 0.6) is 0 Å². The zero-order valence-electron chi connectivity index (χ0n) is 11.3. The molecule has 0 aliphatic rings. The Balaban J connectivity index is 2.42. The number of carbonyl (C=O) groups is 1. The van der Waals surface area contributed by atoms with E-state index in [1.807, 2.05) is 55.5 Å². The predicted molar refractivity (Wildman–Crippen MR) is 78.7 cm³/mol. The second-order valence-electron chi connectivity index (χ2n) is 4.53. The van der Waals surface area contributed by atoms with Gasteiger partial charge in [-0.3, -0.25) is 4.90 Å². The standard InChI is InChI=1S/C16H18N2O/c1-3-13-7-9-14(10-8-13)18(16(17)19)15-6-4-5-12(2)11-15/h4-11H,3H2,1-2H3,(H2,17,19). The van der Waals surface area contributed by atoms with Crippen LogP contribution in [0, 0.1) is 6.92 Å². The molecule has 0 unspecified atom stereocenters. The van der Waals surface area contributed by atoms with Gasteiger partial charge in [0.1, 0.15) is 0 Å². The summed E-state index contributed by atoms with van der Waals surface area (Å²) in [4.78, 5) is 13.2. The van der Waals surface area contributed by atoms with E-state index in [2.05, 4.69) is 6.92 Å². The summed E-state index contributed by atoms with van der Waals surface area (Å²) in [5, 5.41) is 0. The van der Waals surface area contributed by atoms with Crippen LogP contribution in [0.3, 0.4) is 0 Å². The van der Waals surface area contributed by atoms with Crippen molar-refractivity contribution in [2.45, 2.75) is 20.3 Å². The first kappa shape index (κ1) is 13.1. The van der Waals surface area contributed by atoms with E-state index in [0.29, 0.717) is 0 Å². The summed E-state index contributed by atoms with van der Waals surface area (Å²) in [6.45, 7) is 4.09. The number of aryl methyl sites for hydroxylation is 2. The number of anilines is 2. The third-order valence-electron chi connectivity index (χ3n) is 3.08. The van der Waals surface area contributed by atoms with Crippen molar-refractivity contribution in [2.24, 2.45) is 5.73 Å². The number of nitrogens with zero attached hydrogens (tertiary/aromatic N) is 1. The summed E-state index contributed by atoms with van der Waals surface area (Å²) >= 11 is 0. The zero-order chi connectivity index (χ0) is 13.8. The number of benzene rings is 2. The van der Waals surface area contributed by atoms with Crippen LogP contribution < -0.4 is 10.6 Å². The molecule has 2 N–H and O–H groups in total. The van der Waals surface area contributed by atoms with Gasteiger partial charge in [-0.1, -0.05) is 31.2 Å². The number of urea groups is 1. The summed E-state index contributed by atoms with van der Waals surface area (Å²) in [7, 11) is 0. The molecule has 3 nitrogen and oxygen atoms in total. The molecule has 2 amide bonds. The third kappa shape index (κ3) is 2.94. The van der Waals surface area contributed by atoms with Gasteiger partial charge in [0.05, 0.1) is 11.4 Å². The number of hydrogen-bond acceptors (Lipinski definition) is 1. The molecule has 0 atom stereocenters. The highest BCUT2D eigenvalue weighted by molar-refractivity contribution is 5.98. The van der Waals surface area contributed by atoms with Gasteiger partial charge < -0.3 is 5.73 Å². The Morgan fingerprint density at radius 2 is 1.79 bits per heavy atom. The lowest BCUT2D eigenvalue weighted by molar-refractivity contribution is 0.256. The van der Waals surface area contributed by atoms with Crippen molar-refractivity contribution in [2.75, 3.05) is 4.90 Å². The predicted octanol–water partition coefficient (Wildman–Crippen LogP) is 3.77. The molecule has 0 bridgehead atoms. The molecule has 0 aliphatic carbocycles. The molecule has 0 radical (unpaired) electrons. The average molecular weight is 254 g/mol. The van der Waals surface area contributed by atoms with Gasteiger partial charge in [0.25, 0.3) is 0 Å². The molecular formula is C16H18N2O. The van der Waals surface area contributed by atoms with Crippen LogP contribution in [0.1, 0.15) is 18.1 Å². The van der Waals surface area contributed by atoms with E-state index in [1.54, 1.807) is 0 Å². The smallest absolute Gasteiger partial charge is 0.323 e. The van der Waals surface area contributed by atoms with Crippen molar-refractivity contribution in [3.63, 3.8) is 0 Å². The maximum atomic E-state index is 11.7. The Morgan fingerprint density at radius 1 is 1.11 bits per heavy atom. The zero-order valence-corrected chi connectivity index (χ0v) is 11.3. The van der Waals surface area contributed by atoms with Gasteiger partial charge in [-0.05, 0) is 48.7 Å². The summed E-state index contributed by atoms with van der Waals surface area (Å²) in [6.07, 6.45) is 0.974. The topological polar surface area (TPSA) is 46.3 Å². The summed E-state index contributed by atoms with van der Waals surface area (Å²) in [6, 6.07) is 15.1. The lowest BCUT2D eigenvalue weighted by atomic mass is 10.1. The largest absolute Gasteiger partial charge is 0.351 e. The van der Waals surface area contributed by atoms with Crippen LogP contribution in [0.25, 0.3) is 0 Å². The van der Waals surface area contributed by atoms with Gasteiger partial charge >= 0.3 is 6.03 Å². The van der Waals surface area contributed by atoms with Gasteiger partial charge in [-0.2, -0.15) is 0 Å². The highest BCUT2D eigenvalue weighted by Crippen LogP contribution is 2.26. The molecule has 2 aromatic carbocycles. The molecular weight excluding hydrogens is 236 g/mol. The monoisotopic (exact) mass is 254 g/mol. The van der Waals surface area contributed by atoms with E-state index in [9.17, 15) is 4.79 Å². The van der Waals surface area contributed by atoms with Crippen LogP contribution >= 0.6 is 0 Å². The van der Waals surface area contributed by atoms with Crippen molar-refractivity contribution < 1.29 is 4.79 Å². The van der Waals surface area contributed by atoms with Gasteiger partial charge in [0.2, 0.25) is 0 Å². The highest BCUT2D eigenvalue weighted by Gasteiger charge is 2.14. The lowest BCUT2D eigenvalue weighted by Gasteiger charge is -2.21. The third-order valence-corrected chi connectivity index (χ3v) is 3.08. The number of rotatable bonds is 3. The van der Waals surface area contributed by atoms with Crippen molar-refractivity contribution >= 4 is 17.4 Å². The second-order valence-corrected chi connectivity index (χ2v) is 4.53. The maximum Gasteiger partial charge on any atom is 0.323 e. The Morgan fingerprint density at radius 3 is 2.32 bits per heavy atom. The van der Waals surface area contributed by atoms with Crippen LogP contribution in [0.2, 0.25) is 0 Å². The quantitative estimate of drug-likeness (QED) is 0.890. The van der Waals surface area contributed by atoms with Crippen LogP contribution in [-0.4, -0.2) is 6.03 Å². The maximum absolute atomic E-state index is 11.7. The molecule has 0 heterocycles. The molecule has 0 fully saturated rings. The van der Waals surface area contributed by atoms with Crippen molar-refractivity contribution in [3.05, 3.63) is 59.7 Å². The van der Waals surface area contributed by atoms with Crippen LogP contribution in [-0.2, 0) is 6.42 Å².